The first-order chi connectivity index (χ1) is 9.35. The fourth-order valence-electron chi connectivity index (χ4n) is 2.77. The smallest absolute Gasteiger partial charge is 0.389 e. The number of fused-ring (bicyclic) bond motifs is 1. The summed E-state index contributed by atoms with van der Waals surface area (Å²) < 4.78 is 36.5. The van der Waals surface area contributed by atoms with Crippen LogP contribution in [-0.4, -0.2) is 19.4 Å². The van der Waals surface area contributed by atoms with E-state index in [0.29, 0.717) is 5.70 Å². The predicted molar refractivity (Wildman–Crippen MR) is 77.1 cm³/mol. The maximum atomic E-state index is 12.2. The SMILES string of the molecule is C=C(CCC(F)(F)F)NC1BCc2c(C)cccc2C1. The lowest BCUT2D eigenvalue weighted by molar-refractivity contribution is -0.134. The first kappa shape index (κ1) is 15.0. The molecule has 1 aromatic rings. The van der Waals surface area contributed by atoms with Crippen LogP contribution in [0.5, 0.6) is 0 Å². The fraction of sp³-hybridized carbons (Fsp3) is 0.467. The summed E-state index contributed by atoms with van der Waals surface area (Å²) in [5.41, 5.74) is 4.49. The second-order valence-electron chi connectivity index (χ2n) is 5.52. The van der Waals surface area contributed by atoms with Crippen molar-refractivity contribution in [1.82, 2.24) is 5.32 Å². The molecule has 0 saturated carbocycles. The van der Waals surface area contributed by atoms with Crippen LogP contribution in [0.25, 0.3) is 0 Å². The van der Waals surface area contributed by atoms with Gasteiger partial charge in [0.05, 0.1) is 0 Å². The second kappa shape index (κ2) is 5.94. The van der Waals surface area contributed by atoms with Gasteiger partial charge >= 0.3 is 6.18 Å². The third-order valence-corrected chi connectivity index (χ3v) is 3.83. The minimum absolute atomic E-state index is 0.0410. The molecule has 0 aliphatic carbocycles. The molecular formula is C15H19BF3N. The predicted octanol–water partition coefficient (Wildman–Crippen LogP) is 3.26. The highest BCUT2D eigenvalue weighted by Gasteiger charge is 2.27. The van der Waals surface area contributed by atoms with Crippen molar-refractivity contribution in [3.8, 4) is 0 Å². The Balaban J connectivity index is 1.89. The van der Waals surface area contributed by atoms with E-state index < -0.39 is 12.6 Å². The highest BCUT2D eigenvalue weighted by Crippen LogP contribution is 2.24. The Kier molecular flexibility index (Phi) is 4.46. The van der Waals surface area contributed by atoms with Crippen LogP contribution in [0.2, 0.25) is 0 Å². The van der Waals surface area contributed by atoms with Gasteiger partial charge in [0.15, 0.2) is 7.28 Å². The number of aryl methyl sites for hydroxylation is 1. The number of hydrogen-bond acceptors (Lipinski definition) is 1. The van der Waals surface area contributed by atoms with Crippen molar-refractivity contribution in [3.05, 3.63) is 47.2 Å². The summed E-state index contributed by atoms with van der Waals surface area (Å²) in [5, 5.41) is 3.16. The molecule has 0 radical (unpaired) electrons. The molecule has 0 spiro atoms. The van der Waals surface area contributed by atoms with Crippen molar-refractivity contribution in [2.75, 3.05) is 0 Å². The van der Waals surface area contributed by atoms with Crippen LogP contribution < -0.4 is 5.32 Å². The van der Waals surface area contributed by atoms with Gasteiger partial charge < -0.3 is 5.32 Å². The van der Waals surface area contributed by atoms with Gasteiger partial charge in [-0.3, -0.25) is 0 Å². The normalized spacial score (nSPS) is 18.1. The first-order valence-electron chi connectivity index (χ1n) is 6.93. The molecule has 108 valence electrons. The molecule has 0 aromatic heterocycles. The van der Waals surface area contributed by atoms with Gasteiger partial charge in [0.1, 0.15) is 0 Å². The van der Waals surface area contributed by atoms with E-state index in [4.69, 9.17) is 0 Å². The molecule has 1 heterocycles. The number of rotatable bonds is 4. The molecule has 1 aliphatic rings. The van der Waals surface area contributed by atoms with Gasteiger partial charge in [-0.25, -0.2) is 0 Å². The largest absolute Gasteiger partial charge is 0.393 e. The van der Waals surface area contributed by atoms with Crippen LogP contribution in [0, 0.1) is 6.92 Å². The van der Waals surface area contributed by atoms with Crippen LogP contribution >= 0.6 is 0 Å². The molecule has 1 atom stereocenters. The quantitative estimate of drug-likeness (QED) is 0.835. The molecule has 2 rings (SSSR count). The number of hydrogen-bond donors (Lipinski definition) is 1. The Hall–Kier alpha value is -1.39. The molecule has 0 bridgehead atoms. The van der Waals surface area contributed by atoms with Gasteiger partial charge in [0, 0.05) is 18.1 Å². The number of allylic oxidation sites excluding steroid dienone is 1. The van der Waals surface area contributed by atoms with Gasteiger partial charge in [-0.05, 0) is 42.8 Å². The summed E-state index contributed by atoms with van der Waals surface area (Å²) in [4.78, 5) is 0. The molecule has 1 aromatic carbocycles. The zero-order valence-electron chi connectivity index (χ0n) is 11.7. The van der Waals surface area contributed by atoms with E-state index in [-0.39, 0.29) is 12.4 Å². The Morgan fingerprint density at radius 2 is 2.20 bits per heavy atom. The molecular weight excluding hydrogens is 262 g/mol. The lowest BCUT2D eigenvalue weighted by Crippen LogP contribution is -2.40. The monoisotopic (exact) mass is 281 g/mol. The van der Waals surface area contributed by atoms with Gasteiger partial charge in [-0.1, -0.05) is 24.8 Å². The van der Waals surface area contributed by atoms with Gasteiger partial charge in [-0.15, -0.1) is 0 Å². The van der Waals surface area contributed by atoms with Gasteiger partial charge in [0.25, 0.3) is 0 Å². The molecule has 1 aliphatic heterocycles. The highest BCUT2D eigenvalue weighted by molar-refractivity contribution is 6.38. The average molecular weight is 281 g/mol. The summed E-state index contributed by atoms with van der Waals surface area (Å²) in [6, 6.07) is 6.25. The number of benzene rings is 1. The molecule has 0 saturated heterocycles. The number of nitrogens with one attached hydrogen (secondary N) is 1. The Labute approximate surface area is 118 Å². The summed E-state index contributed by atoms with van der Waals surface area (Å²) in [6.07, 6.45) is -3.11. The van der Waals surface area contributed by atoms with Crippen molar-refractivity contribution in [2.45, 2.75) is 44.6 Å². The Bertz CT molecular complexity index is 496. The van der Waals surface area contributed by atoms with E-state index in [1.807, 2.05) is 6.07 Å². The minimum atomic E-state index is -4.11. The summed E-state index contributed by atoms with van der Waals surface area (Å²) in [6.45, 7) is 5.82. The van der Waals surface area contributed by atoms with Gasteiger partial charge in [0.2, 0.25) is 0 Å². The Morgan fingerprint density at radius 1 is 1.45 bits per heavy atom. The van der Waals surface area contributed by atoms with Crippen molar-refractivity contribution in [3.63, 3.8) is 0 Å². The lowest BCUT2D eigenvalue weighted by atomic mass is 9.57. The van der Waals surface area contributed by atoms with E-state index in [9.17, 15) is 13.2 Å². The van der Waals surface area contributed by atoms with E-state index in [2.05, 4.69) is 31.0 Å². The van der Waals surface area contributed by atoms with Crippen LogP contribution in [0.4, 0.5) is 13.2 Å². The first-order valence-corrected chi connectivity index (χ1v) is 6.93. The third kappa shape index (κ3) is 4.05. The number of alkyl halides is 3. The van der Waals surface area contributed by atoms with E-state index in [0.717, 1.165) is 20.0 Å². The Morgan fingerprint density at radius 3 is 2.90 bits per heavy atom. The van der Waals surface area contributed by atoms with Crippen LogP contribution in [0.1, 0.15) is 29.5 Å². The summed E-state index contributed by atoms with van der Waals surface area (Å²) in [7, 11) is 0.947. The maximum absolute atomic E-state index is 12.2. The molecule has 0 fully saturated rings. The average Bonchev–Trinajstić information content (AvgIpc) is 2.36. The van der Waals surface area contributed by atoms with Crippen molar-refractivity contribution < 1.29 is 13.2 Å². The molecule has 1 nitrogen and oxygen atoms in total. The van der Waals surface area contributed by atoms with Crippen molar-refractivity contribution in [1.29, 1.82) is 0 Å². The van der Waals surface area contributed by atoms with E-state index in [1.54, 1.807) is 0 Å². The zero-order valence-corrected chi connectivity index (χ0v) is 11.7. The van der Waals surface area contributed by atoms with E-state index >= 15 is 0 Å². The third-order valence-electron chi connectivity index (χ3n) is 3.83. The number of halogens is 3. The van der Waals surface area contributed by atoms with Crippen LogP contribution in [0.3, 0.4) is 0 Å². The molecule has 0 amide bonds. The standard InChI is InChI=1S/C15H19BF3N/c1-10-4-3-5-12-8-14(16-9-13(10)12)20-11(2)6-7-15(17,18)19/h3-5,14,16,20H,2,6-9H2,1H3. The van der Waals surface area contributed by atoms with E-state index in [1.165, 1.54) is 16.7 Å². The molecule has 5 heteroatoms. The minimum Gasteiger partial charge on any atom is -0.393 e. The topological polar surface area (TPSA) is 12.0 Å². The fourth-order valence-corrected chi connectivity index (χ4v) is 2.77. The van der Waals surface area contributed by atoms with Crippen LogP contribution in [-0.2, 0) is 12.7 Å². The molecule has 1 N–H and O–H groups in total. The van der Waals surface area contributed by atoms with Gasteiger partial charge in [-0.2, -0.15) is 13.2 Å². The highest BCUT2D eigenvalue weighted by atomic mass is 19.4. The van der Waals surface area contributed by atoms with Crippen LogP contribution in [0.15, 0.2) is 30.5 Å². The maximum Gasteiger partial charge on any atom is 0.389 e. The van der Waals surface area contributed by atoms with Crippen molar-refractivity contribution in [2.24, 2.45) is 0 Å². The zero-order chi connectivity index (χ0) is 14.8. The second-order valence-corrected chi connectivity index (χ2v) is 5.52. The molecule has 1 unspecified atom stereocenters. The summed E-state index contributed by atoms with van der Waals surface area (Å²) in [5.74, 6) is 0.199. The van der Waals surface area contributed by atoms with Crippen molar-refractivity contribution >= 4 is 7.28 Å². The molecule has 20 heavy (non-hydrogen) atoms. The summed E-state index contributed by atoms with van der Waals surface area (Å²) >= 11 is 0. The lowest BCUT2D eigenvalue weighted by Gasteiger charge is -2.27.